The topological polar surface area (TPSA) is 81.7 Å². The predicted octanol–water partition coefficient (Wildman–Crippen LogP) is 5.01. The quantitative estimate of drug-likeness (QED) is 0.255. The van der Waals surface area contributed by atoms with Gasteiger partial charge >= 0.3 is 11.9 Å². The Balaban J connectivity index is 1.41. The molecule has 1 amide bonds. The monoisotopic (exact) mass is 487 g/mol. The molecule has 1 N–H and O–H groups in total. The van der Waals surface area contributed by atoms with Gasteiger partial charge in [-0.05, 0) is 36.0 Å². The zero-order valence-electron chi connectivity index (χ0n) is 20.4. The zero-order chi connectivity index (χ0) is 25.4. The molecule has 3 aromatic rings. The molecule has 0 aromatic heterocycles. The number of hydrogen-bond acceptors (Lipinski definition) is 5. The van der Waals surface area contributed by atoms with Crippen LogP contribution in [-0.2, 0) is 43.5 Å². The molecule has 0 aliphatic rings. The zero-order valence-corrected chi connectivity index (χ0v) is 20.4. The van der Waals surface area contributed by atoms with E-state index in [1.807, 2.05) is 91.0 Å². The molecule has 0 heterocycles. The molecule has 1 atom stereocenters. The Kier molecular flexibility index (Phi) is 11.2. The summed E-state index contributed by atoms with van der Waals surface area (Å²) in [6.45, 7) is 0.824. The van der Waals surface area contributed by atoms with E-state index in [4.69, 9.17) is 9.47 Å². The summed E-state index contributed by atoms with van der Waals surface area (Å²) < 4.78 is 10.6. The number of nitrogens with one attached hydrogen (secondary N) is 1. The largest absolute Gasteiger partial charge is 0.461 e. The molecule has 0 spiro atoms. The van der Waals surface area contributed by atoms with Crippen molar-refractivity contribution in [3.8, 4) is 0 Å². The van der Waals surface area contributed by atoms with Crippen LogP contribution in [0.1, 0.15) is 42.4 Å². The fraction of sp³-hybridized carbons (Fsp3) is 0.300. The second kappa shape index (κ2) is 15.1. The van der Waals surface area contributed by atoms with Crippen molar-refractivity contribution in [1.29, 1.82) is 0 Å². The average Bonchev–Trinajstić information content (AvgIpc) is 2.92. The molecule has 3 rings (SSSR count). The normalized spacial score (nSPS) is 11.3. The summed E-state index contributed by atoms with van der Waals surface area (Å²) in [5.41, 5.74) is 2.89. The van der Waals surface area contributed by atoms with Gasteiger partial charge in [-0.25, -0.2) is 0 Å². The van der Waals surface area contributed by atoms with Crippen LogP contribution in [0.25, 0.3) is 0 Å². The number of amides is 1. The maximum Gasteiger partial charge on any atom is 0.306 e. The van der Waals surface area contributed by atoms with E-state index < -0.39 is 0 Å². The van der Waals surface area contributed by atoms with E-state index in [0.29, 0.717) is 25.8 Å². The molecule has 36 heavy (non-hydrogen) atoms. The highest BCUT2D eigenvalue weighted by atomic mass is 16.5. The van der Waals surface area contributed by atoms with Gasteiger partial charge in [-0.15, -0.1) is 0 Å². The molecule has 0 aliphatic carbocycles. The maximum atomic E-state index is 12.9. The molecule has 0 radical (unpaired) electrons. The summed E-state index contributed by atoms with van der Waals surface area (Å²) in [7, 11) is 0. The first-order valence-electron chi connectivity index (χ1n) is 12.3. The Labute approximate surface area is 212 Å². The van der Waals surface area contributed by atoms with Crippen molar-refractivity contribution >= 4 is 17.8 Å². The Hall–Kier alpha value is -3.93. The minimum atomic E-state index is -0.373. The number of rotatable bonds is 14. The third kappa shape index (κ3) is 10.1. The first-order valence-corrected chi connectivity index (χ1v) is 12.3. The van der Waals surface area contributed by atoms with Crippen LogP contribution in [0.2, 0.25) is 0 Å². The van der Waals surface area contributed by atoms with Gasteiger partial charge in [-0.2, -0.15) is 0 Å². The van der Waals surface area contributed by atoms with Crippen LogP contribution in [0.3, 0.4) is 0 Å². The average molecular weight is 488 g/mol. The smallest absolute Gasteiger partial charge is 0.306 e. The van der Waals surface area contributed by atoms with Crippen LogP contribution in [0.4, 0.5) is 0 Å². The Morgan fingerprint density at radius 2 is 1.11 bits per heavy atom. The number of benzene rings is 3. The van der Waals surface area contributed by atoms with Crippen molar-refractivity contribution in [1.82, 2.24) is 5.32 Å². The maximum absolute atomic E-state index is 12.9. The minimum absolute atomic E-state index is 0.132. The van der Waals surface area contributed by atoms with Gasteiger partial charge in [0.25, 0.3) is 0 Å². The first-order chi connectivity index (χ1) is 17.6. The van der Waals surface area contributed by atoms with Crippen molar-refractivity contribution in [2.75, 3.05) is 6.54 Å². The van der Waals surface area contributed by atoms with Gasteiger partial charge in [-0.1, -0.05) is 91.0 Å². The summed E-state index contributed by atoms with van der Waals surface area (Å²) in [5.74, 6) is -1.13. The van der Waals surface area contributed by atoms with E-state index in [1.54, 1.807) is 0 Å². The van der Waals surface area contributed by atoms with Crippen LogP contribution in [-0.4, -0.2) is 24.4 Å². The summed E-state index contributed by atoms with van der Waals surface area (Å²) in [6, 6.07) is 28.7. The van der Waals surface area contributed by atoms with Crippen LogP contribution in [0, 0.1) is 5.92 Å². The molecule has 1 unspecified atom stereocenters. The lowest BCUT2D eigenvalue weighted by Crippen LogP contribution is -2.33. The lowest BCUT2D eigenvalue weighted by atomic mass is 9.94. The van der Waals surface area contributed by atoms with Crippen molar-refractivity contribution in [3.05, 3.63) is 108 Å². The van der Waals surface area contributed by atoms with E-state index >= 15 is 0 Å². The molecule has 188 valence electrons. The van der Waals surface area contributed by atoms with Gasteiger partial charge in [-0.3, -0.25) is 14.4 Å². The second-order valence-electron chi connectivity index (χ2n) is 8.61. The SMILES string of the molecule is O=C(CCCNC(=O)C(CCC(=O)OCc1ccccc1)Cc1ccccc1)OCc1ccccc1. The number of hydrogen-bond donors (Lipinski definition) is 1. The third-order valence-corrected chi connectivity index (χ3v) is 5.73. The highest BCUT2D eigenvalue weighted by Crippen LogP contribution is 2.16. The van der Waals surface area contributed by atoms with E-state index in [0.717, 1.165) is 16.7 Å². The number of carbonyl (C=O) groups excluding carboxylic acids is 3. The summed E-state index contributed by atoms with van der Waals surface area (Å²) in [4.78, 5) is 37.2. The highest BCUT2D eigenvalue weighted by molar-refractivity contribution is 5.80. The third-order valence-electron chi connectivity index (χ3n) is 5.73. The molecule has 6 heteroatoms. The van der Waals surface area contributed by atoms with Crippen molar-refractivity contribution < 1.29 is 23.9 Å². The van der Waals surface area contributed by atoms with Crippen LogP contribution in [0.5, 0.6) is 0 Å². The molecule has 6 nitrogen and oxygen atoms in total. The summed E-state index contributed by atoms with van der Waals surface area (Å²) in [6.07, 6.45) is 1.77. The molecular weight excluding hydrogens is 454 g/mol. The van der Waals surface area contributed by atoms with Crippen LogP contribution in [0.15, 0.2) is 91.0 Å². The van der Waals surface area contributed by atoms with Gasteiger partial charge in [0.1, 0.15) is 13.2 Å². The molecule has 3 aromatic carbocycles. The molecule has 0 fully saturated rings. The Morgan fingerprint density at radius 1 is 0.639 bits per heavy atom. The van der Waals surface area contributed by atoms with Crippen molar-refractivity contribution in [3.63, 3.8) is 0 Å². The minimum Gasteiger partial charge on any atom is -0.461 e. The number of esters is 2. The molecular formula is C30H33NO5. The van der Waals surface area contributed by atoms with E-state index in [9.17, 15) is 14.4 Å². The van der Waals surface area contributed by atoms with Crippen molar-refractivity contribution in [2.24, 2.45) is 5.92 Å². The van der Waals surface area contributed by atoms with Crippen molar-refractivity contribution in [2.45, 2.75) is 45.3 Å². The van der Waals surface area contributed by atoms with Crippen LogP contribution < -0.4 is 5.32 Å². The van der Waals surface area contributed by atoms with Crippen LogP contribution >= 0.6 is 0 Å². The van der Waals surface area contributed by atoms with E-state index in [-0.39, 0.29) is 49.8 Å². The lowest BCUT2D eigenvalue weighted by Gasteiger charge is -2.17. The highest BCUT2D eigenvalue weighted by Gasteiger charge is 2.20. The first kappa shape index (κ1) is 26.7. The lowest BCUT2D eigenvalue weighted by molar-refractivity contribution is -0.146. The molecule has 0 aliphatic heterocycles. The standard InChI is InChI=1S/C30H33NO5/c32-28(35-22-25-13-6-2-7-14-25)17-10-20-31-30(34)27(21-24-11-4-1-5-12-24)18-19-29(33)36-23-26-15-8-3-9-16-26/h1-9,11-16,27H,10,17-23H2,(H,31,34). The molecule has 0 bridgehead atoms. The molecule has 0 saturated carbocycles. The number of ether oxygens (including phenoxy) is 2. The van der Waals surface area contributed by atoms with Gasteiger partial charge < -0.3 is 14.8 Å². The van der Waals surface area contributed by atoms with Gasteiger partial charge in [0.05, 0.1) is 0 Å². The predicted molar refractivity (Wildman–Crippen MR) is 138 cm³/mol. The second-order valence-corrected chi connectivity index (χ2v) is 8.61. The van der Waals surface area contributed by atoms with E-state index in [1.165, 1.54) is 0 Å². The van der Waals surface area contributed by atoms with Gasteiger partial charge in [0, 0.05) is 25.3 Å². The molecule has 0 saturated heterocycles. The number of carbonyl (C=O) groups is 3. The fourth-order valence-electron chi connectivity index (χ4n) is 3.73. The fourth-order valence-corrected chi connectivity index (χ4v) is 3.73. The van der Waals surface area contributed by atoms with E-state index in [2.05, 4.69) is 5.32 Å². The summed E-state index contributed by atoms with van der Waals surface area (Å²) >= 11 is 0. The Morgan fingerprint density at radius 3 is 1.64 bits per heavy atom. The summed E-state index contributed by atoms with van der Waals surface area (Å²) in [5, 5.41) is 2.91. The van der Waals surface area contributed by atoms with Gasteiger partial charge in [0.2, 0.25) is 5.91 Å². The van der Waals surface area contributed by atoms with Gasteiger partial charge in [0.15, 0.2) is 0 Å². The Bertz CT molecular complexity index is 1070.